The normalized spacial score (nSPS) is 11.3. The fraction of sp³-hybridized carbons (Fsp3) is 0.533. The van der Waals surface area contributed by atoms with Crippen molar-refractivity contribution in [3.63, 3.8) is 0 Å². The van der Waals surface area contributed by atoms with Gasteiger partial charge in [-0.1, -0.05) is 39.0 Å². The number of carbonyl (C=O) groups excluding carboxylic acids is 1. The van der Waals surface area contributed by atoms with Crippen molar-refractivity contribution in [2.24, 2.45) is 0 Å². The third-order valence-corrected chi connectivity index (χ3v) is 4.14. The molecule has 0 aromatic heterocycles. The molecule has 0 bridgehead atoms. The van der Waals surface area contributed by atoms with Crippen molar-refractivity contribution in [2.45, 2.75) is 45.6 Å². The summed E-state index contributed by atoms with van der Waals surface area (Å²) in [5.41, 5.74) is 1.54. The molecule has 0 spiro atoms. The number of hydrogen-bond donors (Lipinski definition) is 1. The number of halogens is 1. The van der Waals surface area contributed by atoms with E-state index in [9.17, 15) is 4.79 Å². The van der Waals surface area contributed by atoms with Gasteiger partial charge >= 0.3 is 0 Å². The highest BCUT2D eigenvalue weighted by molar-refractivity contribution is 6.19. The van der Waals surface area contributed by atoms with Crippen LogP contribution in [0.5, 0.6) is 0 Å². The van der Waals surface area contributed by atoms with Crippen molar-refractivity contribution >= 4 is 17.5 Å². The molecule has 100 valence electrons. The number of benzene rings is 1. The van der Waals surface area contributed by atoms with Crippen LogP contribution in [0, 0.1) is 0 Å². The highest BCUT2D eigenvalue weighted by atomic mass is 35.5. The van der Waals surface area contributed by atoms with Crippen LogP contribution in [0.4, 0.5) is 0 Å². The maximum absolute atomic E-state index is 12.3. The Morgan fingerprint density at radius 3 is 2.33 bits per heavy atom. The number of hydrogen-bond acceptors (Lipinski definition) is 1. The first kappa shape index (κ1) is 15.0. The summed E-state index contributed by atoms with van der Waals surface area (Å²) in [6.07, 6.45) is 2.54. The predicted molar refractivity (Wildman–Crippen MR) is 77.3 cm³/mol. The van der Waals surface area contributed by atoms with E-state index in [-0.39, 0.29) is 11.4 Å². The number of aryl methyl sites for hydroxylation is 1. The zero-order valence-corrected chi connectivity index (χ0v) is 12.2. The van der Waals surface area contributed by atoms with Crippen LogP contribution in [0.2, 0.25) is 0 Å². The van der Waals surface area contributed by atoms with Crippen molar-refractivity contribution in [1.29, 1.82) is 0 Å². The second kappa shape index (κ2) is 6.79. The van der Waals surface area contributed by atoms with E-state index in [0.29, 0.717) is 5.88 Å². The van der Waals surface area contributed by atoms with Crippen LogP contribution in [0.25, 0.3) is 0 Å². The van der Waals surface area contributed by atoms with E-state index in [1.165, 1.54) is 0 Å². The third-order valence-electron chi connectivity index (χ3n) is 3.63. The molecule has 1 aromatic carbocycles. The molecule has 1 rings (SSSR count). The Bertz CT molecular complexity index is 391. The average Bonchev–Trinajstić information content (AvgIpc) is 2.44. The first-order valence-electron chi connectivity index (χ1n) is 6.58. The van der Waals surface area contributed by atoms with Crippen LogP contribution in [0.15, 0.2) is 24.3 Å². The molecule has 0 saturated heterocycles. The summed E-state index contributed by atoms with van der Waals surface area (Å²) in [6.45, 7) is 6.16. The molecule has 0 fully saturated rings. The molecule has 0 aliphatic heterocycles. The van der Waals surface area contributed by atoms with Gasteiger partial charge in [-0.05, 0) is 30.9 Å². The summed E-state index contributed by atoms with van der Waals surface area (Å²) in [5.74, 6) is 0.428. The molecule has 1 N–H and O–H groups in total. The molecule has 1 aromatic rings. The van der Waals surface area contributed by atoms with Gasteiger partial charge in [0.05, 0.1) is 5.54 Å². The molecule has 0 aliphatic rings. The fourth-order valence-corrected chi connectivity index (χ4v) is 2.45. The third kappa shape index (κ3) is 3.26. The van der Waals surface area contributed by atoms with E-state index in [1.807, 2.05) is 24.3 Å². The molecule has 0 aliphatic carbocycles. The second-order valence-corrected chi connectivity index (χ2v) is 4.85. The van der Waals surface area contributed by atoms with Crippen LogP contribution in [-0.2, 0) is 6.42 Å². The standard InChI is InChI=1S/C15H22ClNO/c1-4-12-9-7-8-10-13(12)14(18)17-15(5-2,6-3)11-16/h7-10H,4-6,11H2,1-3H3,(H,17,18). The number of carbonyl (C=O) groups is 1. The Labute approximate surface area is 115 Å². The minimum atomic E-state index is -0.292. The van der Waals surface area contributed by atoms with Gasteiger partial charge in [-0.2, -0.15) is 0 Å². The molecule has 0 saturated carbocycles. The Hall–Kier alpha value is -1.02. The lowest BCUT2D eigenvalue weighted by molar-refractivity contribution is 0.0901. The lowest BCUT2D eigenvalue weighted by atomic mass is 9.94. The first-order chi connectivity index (χ1) is 8.62. The number of alkyl halides is 1. The van der Waals surface area contributed by atoms with Crippen molar-refractivity contribution < 1.29 is 4.79 Å². The van der Waals surface area contributed by atoms with Crippen LogP contribution >= 0.6 is 11.6 Å². The number of nitrogens with one attached hydrogen (secondary N) is 1. The van der Waals surface area contributed by atoms with E-state index in [0.717, 1.165) is 30.4 Å². The van der Waals surface area contributed by atoms with Gasteiger partial charge in [0.25, 0.3) is 5.91 Å². The highest BCUT2D eigenvalue weighted by Crippen LogP contribution is 2.19. The summed E-state index contributed by atoms with van der Waals surface area (Å²) >= 11 is 6.02. The molecule has 0 unspecified atom stereocenters. The maximum atomic E-state index is 12.3. The zero-order chi connectivity index (χ0) is 13.6. The van der Waals surface area contributed by atoms with Crippen LogP contribution in [-0.4, -0.2) is 17.3 Å². The summed E-state index contributed by atoms with van der Waals surface area (Å²) in [6, 6.07) is 7.73. The minimum Gasteiger partial charge on any atom is -0.345 e. The van der Waals surface area contributed by atoms with Gasteiger partial charge in [0.1, 0.15) is 0 Å². The Morgan fingerprint density at radius 2 is 1.83 bits per heavy atom. The van der Waals surface area contributed by atoms with Crippen molar-refractivity contribution in [3.05, 3.63) is 35.4 Å². The van der Waals surface area contributed by atoms with Gasteiger partial charge in [-0.3, -0.25) is 4.79 Å². The van der Waals surface area contributed by atoms with Gasteiger partial charge < -0.3 is 5.32 Å². The van der Waals surface area contributed by atoms with Gasteiger partial charge in [-0.15, -0.1) is 11.6 Å². The summed E-state index contributed by atoms with van der Waals surface area (Å²) in [5, 5.41) is 3.10. The lowest BCUT2D eigenvalue weighted by Gasteiger charge is -2.31. The Kier molecular flexibility index (Phi) is 5.67. The highest BCUT2D eigenvalue weighted by Gasteiger charge is 2.27. The van der Waals surface area contributed by atoms with Crippen LogP contribution < -0.4 is 5.32 Å². The lowest BCUT2D eigenvalue weighted by Crippen LogP contribution is -2.49. The smallest absolute Gasteiger partial charge is 0.252 e. The summed E-state index contributed by atoms with van der Waals surface area (Å²) in [7, 11) is 0. The molecule has 1 amide bonds. The Morgan fingerprint density at radius 1 is 1.22 bits per heavy atom. The Balaban J connectivity index is 2.94. The molecule has 18 heavy (non-hydrogen) atoms. The fourth-order valence-electron chi connectivity index (χ4n) is 2.01. The molecule has 0 heterocycles. The maximum Gasteiger partial charge on any atom is 0.252 e. The first-order valence-corrected chi connectivity index (χ1v) is 7.12. The molecule has 3 heteroatoms. The van der Waals surface area contributed by atoms with Crippen molar-refractivity contribution in [2.75, 3.05) is 5.88 Å². The molecule has 2 nitrogen and oxygen atoms in total. The van der Waals surface area contributed by atoms with E-state index in [1.54, 1.807) is 0 Å². The second-order valence-electron chi connectivity index (χ2n) is 4.59. The molecule has 0 radical (unpaired) electrons. The number of amides is 1. The van der Waals surface area contributed by atoms with E-state index >= 15 is 0 Å². The van der Waals surface area contributed by atoms with Crippen molar-refractivity contribution in [3.8, 4) is 0 Å². The monoisotopic (exact) mass is 267 g/mol. The van der Waals surface area contributed by atoms with Gasteiger partial charge in [-0.25, -0.2) is 0 Å². The van der Waals surface area contributed by atoms with E-state index in [4.69, 9.17) is 11.6 Å². The SMILES string of the molecule is CCc1ccccc1C(=O)NC(CC)(CC)CCl. The number of rotatable bonds is 6. The minimum absolute atomic E-state index is 0.0169. The zero-order valence-electron chi connectivity index (χ0n) is 11.4. The van der Waals surface area contributed by atoms with Crippen LogP contribution in [0.1, 0.15) is 49.5 Å². The van der Waals surface area contributed by atoms with Gasteiger partial charge in [0, 0.05) is 11.4 Å². The summed E-state index contributed by atoms with van der Waals surface area (Å²) in [4.78, 5) is 12.3. The summed E-state index contributed by atoms with van der Waals surface area (Å²) < 4.78 is 0. The van der Waals surface area contributed by atoms with E-state index < -0.39 is 0 Å². The predicted octanol–water partition coefficient (Wildman–Crippen LogP) is 3.78. The average molecular weight is 268 g/mol. The quantitative estimate of drug-likeness (QED) is 0.781. The van der Waals surface area contributed by atoms with Crippen molar-refractivity contribution in [1.82, 2.24) is 5.32 Å². The largest absolute Gasteiger partial charge is 0.345 e. The van der Waals surface area contributed by atoms with Gasteiger partial charge in [0.15, 0.2) is 0 Å². The van der Waals surface area contributed by atoms with E-state index in [2.05, 4.69) is 26.1 Å². The topological polar surface area (TPSA) is 29.1 Å². The molecular weight excluding hydrogens is 246 g/mol. The molecular formula is C15H22ClNO. The van der Waals surface area contributed by atoms with Gasteiger partial charge in [0.2, 0.25) is 0 Å². The molecule has 0 atom stereocenters. The van der Waals surface area contributed by atoms with Crippen LogP contribution in [0.3, 0.4) is 0 Å².